The molecule has 0 radical (unpaired) electrons. The molecule has 0 aliphatic heterocycles. The maximum absolute atomic E-state index is 13.0. The maximum atomic E-state index is 13.0. The van der Waals surface area contributed by atoms with Gasteiger partial charge in [0.15, 0.2) is 5.37 Å². The molecule has 0 aromatic heterocycles. The van der Waals surface area contributed by atoms with Crippen molar-refractivity contribution in [1.82, 2.24) is 5.32 Å². The van der Waals surface area contributed by atoms with Crippen LogP contribution in [0, 0.1) is 12.7 Å². The van der Waals surface area contributed by atoms with Gasteiger partial charge in [-0.1, -0.05) is 52.5 Å². The van der Waals surface area contributed by atoms with Crippen LogP contribution in [0.2, 0.25) is 0 Å². The summed E-state index contributed by atoms with van der Waals surface area (Å²) < 4.78 is 36.2. The molecular weight excluding hydrogens is 412 g/mol. The fraction of sp³-hybridized carbons (Fsp3) is 0.188. The molecule has 25 heavy (non-hydrogen) atoms. The van der Waals surface area contributed by atoms with Gasteiger partial charge in [0, 0.05) is 5.56 Å². The summed E-state index contributed by atoms with van der Waals surface area (Å²) >= 11 is 17.4. The van der Waals surface area contributed by atoms with Crippen LogP contribution in [0.15, 0.2) is 53.4 Å². The molecule has 2 rings (SSSR count). The molecule has 2 aromatic rings. The second kappa shape index (κ2) is 7.50. The molecule has 0 saturated carbocycles. The Morgan fingerprint density at radius 1 is 1.04 bits per heavy atom. The first-order valence-electron chi connectivity index (χ1n) is 6.95. The van der Waals surface area contributed by atoms with Crippen LogP contribution in [0.25, 0.3) is 0 Å². The molecule has 0 bridgehead atoms. The quantitative estimate of drug-likeness (QED) is 0.754. The molecule has 9 heteroatoms. The van der Waals surface area contributed by atoms with E-state index in [1.807, 2.05) is 0 Å². The SMILES string of the molecule is Cc1ccc(S(=O)(=O)C(NC(=O)c2ccc(F)cc2)C(Cl)(Cl)Cl)cc1. The lowest BCUT2D eigenvalue weighted by Crippen LogP contribution is -2.49. The largest absolute Gasteiger partial charge is 0.332 e. The molecule has 1 atom stereocenters. The molecule has 0 aliphatic carbocycles. The molecule has 1 unspecified atom stereocenters. The minimum absolute atomic E-state index is 0.0276. The van der Waals surface area contributed by atoms with Crippen molar-refractivity contribution in [2.45, 2.75) is 21.0 Å². The minimum atomic E-state index is -4.19. The third-order valence-electron chi connectivity index (χ3n) is 3.33. The van der Waals surface area contributed by atoms with Crippen LogP contribution in [0.1, 0.15) is 15.9 Å². The number of alkyl halides is 3. The first-order chi connectivity index (χ1) is 11.5. The highest BCUT2D eigenvalue weighted by atomic mass is 35.6. The number of amides is 1. The highest BCUT2D eigenvalue weighted by Crippen LogP contribution is 2.36. The second-order valence-electron chi connectivity index (χ2n) is 5.26. The molecule has 0 heterocycles. The van der Waals surface area contributed by atoms with Gasteiger partial charge < -0.3 is 5.32 Å². The lowest BCUT2D eigenvalue weighted by molar-refractivity contribution is 0.0948. The van der Waals surface area contributed by atoms with Crippen molar-refractivity contribution in [3.8, 4) is 0 Å². The molecule has 1 amide bonds. The Morgan fingerprint density at radius 2 is 1.56 bits per heavy atom. The van der Waals surface area contributed by atoms with E-state index in [9.17, 15) is 17.6 Å². The average molecular weight is 425 g/mol. The molecular formula is C16H13Cl3FNO3S. The summed E-state index contributed by atoms with van der Waals surface area (Å²) in [5, 5.41) is 0.372. The molecule has 0 fully saturated rings. The van der Waals surface area contributed by atoms with Gasteiger partial charge in [-0.3, -0.25) is 4.79 Å². The Hall–Kier alpha value is -1.34. The number of hydrogen-bond donors (Lipinski definition) is 1. The van der Waals surface area contributed by atoms with E-state index in [1.54, 1.807) is 19.1 Å². The monoisotopic (exact) mass is 423 g/mol. The number of sulfone groups is 1. The molecule has 4 nitrogen and oxygen atoms in total. The number of carbonyl (C=O) groups is 1. The van der Waals surface area contributed by atoms with E-state index in [0.29, 0.717) is 0 Å². The van der Waals surface area contributed by atoms with Crippen LogP contribution in [0.5, 0.6) is 0 Å². The zero-order valence-electron chi connectivity index (χ0n) is 12.8. The first kappa shape index (κ1) is 20.0. The molecule has 0 spiro atoms. The van der Waals surface area contributed by atoms with Crippen LogP contribution >= 0.6 is 34.8 Å². The lowest BCUT2D eigenvalue weighted by atomic mass is 10.2. The third kappa shape index (κ3) is 4.85. The van der Waals surface area contributed by atoms with Crippen LogP contribution < -0.4 is 5.32 Å². The zero-order chi connectivity index (χ0) is 18.8. The number of benzene rings is 2. The van der Waals surface area contributed by atoms with E-state index >= 15 is 0 Å². The van der Waals surface area contributed by atoms with Crippen molar-refractivity contribution < 1.29 is 17.6 Å². The lowest BCUT2D eigenvalue weighted by Gasteiger charge is -2.25. The van der Waals surface area contributed by atoms with Gasteiger partial charge in [0.2, 0.25) is 13.6 Å². The number of rotatable bonds is 4. The number of carbonyl (C=O) groups excluding carboxylic acids is 1. The van der Waals surface area contributed by atoms with Crippen LogP contribution in [0.3, 0.4) is 0 Å². The minimum Gasteiger partial charge on any atom is -0.332 e. The van der Waals surface area contributed by atoms with Crippen LogP contribution in [-0.2, 0) is 9.84 Å². The van der Waals surface area contributed by atoms with Crippen molar-refractivity contribution in [2.24, 2.45) is 0 Å². The molecule has 1 N–H and O–H groups in total. The molecule has 2 aromatic carbocycles. The van der Waals surface area contributed by atoms with Gasteiger partial charge in [-0.15, -0.1) is 0 Å². The third-order valence-corrected chi connectivity index (χ3v) is 6.39. The Morgan fingerprint density at radius 3 is 2.04 bits per heavy atom. The standard InChI is InChI=1S/C16H13Cl3FNO3S/c1-10-2-8-13(9-3-10)25(23,24)15(16(17,18)19)21-14(22)11-4-6-12(20)7-5-11/h2-9,15H,1H3,(H,21,22). The maximum Gasteiger partial charge on any atom is 0.252 e. The number of aryl methyl sites for hydroxylation is 1. The second-order valence-corrected chi connectivity index (χ2v) is 9.66. The number of nitrogens with one attached hydrogen (secondary N) is 1. The zero-order valence-corrected chi connectivity index (χ0v) is 15.9. The summed E-state index contributed by atoms with van der Waals surface area (Å²) in [6.07, 6.45) is 0. The first-order valence-corrected chi connectivity index (χ1v) is 9.63. The van der Waals surface area contributed by atoms with Crippen molar-refractivity contribution >= 4 is 50.5 Å². The van der Waals surface area contributed by atoms with Gasteiger partial charge in [-0.2, -0.15) is 0 Å². The van der Waals surface area contributed by atoms with Crippen molar-refractivity contribution in [2.75, 3.05) is 0 Å². The molecule has 134 valence electrons. The summed E-state index contributed by atoms with van der Waals surface area (Å²) in [6.45, 7) is 1.79. The van der Waals surface area contributed by atoms with Crippen molar-refractivity contribution in [3.63, 3.8) is 0 Å². The van der Waals surface area contributed by atoms with Gasteiger partial charge in [0.05, 0.1) is 4.90 Å². The predicted octanol–water partition coefficient (Wildman–Crippen LogP) is 4.03. The highest BCUT2D eigenvalue weighted by Gasteiger charge is 2.44. The Labute approximate surface area is 159 Å². The Balaban J connectivity index is 2.38. The summed E-state index contributed by atoms with van der Waals surface area (Å²) in [5.74, 6) is -1.35. The van der Waals surface area contributed by atoms with E-state index in [4.69, 9.17) is 34.8 Å². The van der Waals surface area contributed by atoms with Gasteiger partial charge in [-0.25, -0.2) is 12.8 Å². The van der Waals surface area contributed by atoms with Gasteiger partial charge in [-0.05, 0) is 43.3 Å². The van der Waals surface area contributed by atoms with Crippen molar-refractivity contribution in [1.29, 1.82) is 0 Å². The summed E-state index contributed by atoms with van der Waals surface area (Å²) in [5.41, 5.74) is 0.875. The predicted molar refractivity (Wildman–Crippen MR) is 96.3 cm³/mol. The smallest absolute Gasteiger partial charge is 0.252 e. The topological polar surface area (TPSA) is 63.2 Å². The Kier molecular flexibility index (Phi) is 5.99. The van der Waals surface area contributed by atoms with Gasteiger partial charge >= 0.3 is 0 Å². The summed E-state index contributed by atoms with van der Waals surface area (Å²) in [4.78, 5) is 12.2. The van der Waals surface area contributed by atoms with E-state index in [0.717, 1.165) is 17.7 Å². The van der Waals surface area contributed by atoms with Crippen LogP contribution in [0.4, 0.5) is 4.39 Å². The summed E-state index contributed by atoms with van der Waals surface area (Å²) in [6, 6.07) is 10.4. The number of halogens is 4. The fourth-order valence-corrected chi connectivity index (χ4v) is 4.62. The highest BCUT2D eigenvalue weighted by molar-refractivity contribution is 7.92. The van der Waals surface area contributed by atoms with E-state index in [1.165, 1.54) is 24.3 Å². The average Bonchev–Trinajstić information content (AvgIpc) is 2.52. The van der Waals surface area contributed by atoms with Gasteiger partial charge in [0.1, 0.15) is 5.82 Å². The van der Waals surface area contributed by atoms with Crippen molar-refractivity contribution in [3.05, 3.63) is 65.5 Å². The fourth-order valence-electron chi connectivity index (χ4n) is 2.00. The molecule has 0 saturated heterocycles. The summed E-state index contributed by atoms with van der Waals surface area (Å²) in [7, 11) is -4.19. The van der Waals surface area contributed by atoms with Gasteiger partial charge in [0.25, 0.3) is 5.91 Å². The molecule has 0 aliphatic rings. The Bertz CT molecular complexity index is 863. The van der Waals surface area contributed by atoms with E-state index < -0.39 is 30.7 Å². The normalized spacial score (nSPS) is 13.3. The number of hydrogen-bond acceptors (Lipinski definition) is 3. The van der Waals surface area contributed by atoms with E-state index in [2.05, 4.69) is 5.32 Å². The van der Waals surface area contributed by atoms with E-state index in [-0.39, 0.29) is 10.5 Å². The van der Waals surface area contributed by atoms with Crippen LogP contribution in [-0.4, -0.2) is 23.5 Å².